The van der Waals surface area contributed by atoms with E-state index in [2.05, 4.69) is 13.0 Å². The number of unbranched alkanes of at least 4 members (excludes halogenated alkanes) is 6. The third kappa shape index (κ3) is 8.20. The van der Waals surface area contributed by atoms with Crippen molar-refractivity contribution in [3.63, 3.8) is 0 Å². The molecule has 0 aliphatic heterocycles. The van der Waals surface area contributed by atoms with Gasteiger partial charge >= 0.3 is 11.9 Å². The summed E-state index contributed by atoms with van der Waals surface area (Å²) in [4.78, 5) is 22.9. The van der Waals surface area contributed by atoms with Gasteiger partial charge in [0.05, 0.1) is 6.10 Å². The summed E-state index contributed by atoms with van der Waals surface area (Å²) in [5.41, 5.74) is 2.20. The maximum absolute atomic E-state index is 11.9. The number of ether oxygens (including phenoxy) is 2. The normalized spacial score (nSPS) is 23.5. The zero-order chi connectivity index (χ0) is 25.9. The molecule has 0 amide bonds. The maximum Gasteiger partial charge on any atom is 0.341 e. The molecule has 0 saturated heterocycles. The average molecular weight is 505 g/mol. The van der Waals surface area contributed by atoms with Crippen LogP contribution >= 0.6 is 0 Å². The van der Waals surface area contributed by atoms with E-state index in [1.165, 1.54) is 32.1 Å². The second kappa shape index (κ2) is 14.6. The van der Waals surface area contributed by atoms with Gasteiger partial charge in [0.1, 0.15) is 18.5 Å². The lowest BCUT2D eigenvalue weighted by Crippen LogP contribution is -2.30. The van der Waals surface area contributed by atoms with Crippen molar-refractivity contribution in [2.75, 3.05) is 13.2 Å². The highest BCUT2D eigenvalue weighted by Gasteiger charge is 2.47. The monoisotopic (exact) mass is 504 g/mol. The molecule has 5 atom stereocenters. The first kappa shape index (κ1) is 28.5. The Morgan fingerprint density at radius 2 is 1.81 bits per heavy atom. The summed E-state index contributed by atoms with van der Waals surface area (Å²) < 4.78 is 11.2. The molecule has 1 aromatic carbocycles. The molecule has 1 fully saturated rings. The first-order valence-corrected chi connectivity index (χ1v) is 13.9. The van der Waals surface area contributed by atoms with Gasteiger partial charge in [-0.1, -0.05) is 64.0 Å². The number of hydrogen-bond donors (Lipinski definition) is 3. The summed E-state index contributed by atoms with van der Waals surface area (Å²) in [7, 11) is 0. The van der Waals surface area contributed by atoms with Crippen molar-refractivity contribution < 1.29 is 34.4 Å². The molecule has 2 aliphatic rings. The molecule has 7 nitrogen and oxygen atoms in total. The predicted molar refractivity (Wildman–Crippen MR) is 137 cm³/mol. The van der Waals surface area contributed by atoms with Crippen LogP contribution < -0.4 is 4.74 Å². The molecule has 1 aromatic rings. The van der Waals surface area contributed by atoms with Crippen molar-refractivity contribution in [1.82, 2.24) is 0 Å². The number of carbonyl (C=O) groups is 2. The van der Waals surface area contributed by atoms with E-state index >= 15 is 0 Å². The lowest BCUT2D eigenvalue weighted by Gasteiger charge is -2.32. The molecule has 36 heavy (non-hydrogen) atoms. The molecule has 2 aliphatic carbocycles. The average Bonchev–Trinajstić information content (AvgIpc) is 3.19. The standard InChI is InChI=1S/C29H44O7/c1-2-3-4-5-6-7-8-11-22(31)13-14-23-24-15-20-10-9-12-26(35-19-28(32)33)25(20)16-21(24)17-27(23)36-29(34)18-30/h9-10,12,21-24,27,30-31H,2-8,11,13-19H2,1H3,(H,32,33)/t21-,22-,23+,24-,27+/m0/s1. The Hall–Kier alpha value is -2.12. The summed E-state index contributed by atoms with van der Waals surface area (Å²) in [6.07, 6.45) is 12.5. The van der Waals surface area contributed by atoms with Crippen LogP contribution in [0.4, 0.5) is 0 Å². The van der Waals surface area contributed by atoms with E-state index in [0.717, 1.165) is 49.7 Å². The minimum Gasteiger partial charge on any atom is -0.482 e. The number of benzene rings is 1. The Kier molecular flexibility index (Phi) is 11.5. The number of carboxylic acid groups (broad SMARTS) is 1. The quantitative estimate of drug-likeness (QED) is 0.221. The summed E-state index contributed by atoms with van der Waals surface area (Å²) in [5.74, 6) is -0.261. The number of aliphatic carboxylic acids is 1. The van der Waals surface area contributed by atoms with E-state index in [1.807, 2.05) is 12.1 Å². The van der Waals surface area contributed by atoms with Crippen molar-refractivity contribution in [2.45, 2.75) is 103 Å². The van der Waals surface area contributed by atoms with E-state index in [9.17, 15) is 19.8 Å². The largest absolute Gasteiger partial charge is 0.482 e. The van der Waals surface area contributed by atoms with Gasteiger partial charge < -0.3 is 24.8 Å². The second-order valence-electron chi connectivity index (χ2n) is 10.6. The van der Waals surface area contributed by atoms with Crippen LogP contribution in [0, 0.1) is 17.8 Å². The van der Waals surface area contributed by atoms with Crippen LogP contribution in [0.3, 0.4) is 0 Å². The van der Waals surface area contributed by atoms with E-state index < -0.39 is 18.5 Å². The molecule has 0 spiro atoms. The summed E-state index contributed by atoms with van der Waals surface area (Å²) in [5, 5.41) is 28.9. The highest BCUT2D eigenvalue weighted by molar-refractivity contribution is 5.70. The molecule has 0 radical (unpaired) electrons. The molecule has 3 rings (SSSR count). The number of esters is 1. The number of rotatable bonds is 16. The molecule has 0 aromatic heterocycles. The van der Waals surface area contributed by atoms with Gasteiger partial charge in [-0.05, 0) is 73.5 Å². The van der Waals surface area contributed by atoms with Gasteiger partial charge in [0.2, 0.25) is 0 Å². The van der Waals surface area contributed by atoms with Crippen molar-refractivity contribution >= 4 is 11.9 Å². The van der Waals surface area contributed by atoms with Gasteiger partial charge in [0.25, 0.3) is 0 Å². The number of aliphatic hydroxyl groups is 2. The predicted octanol–water partition coefficient (Wildman–Crippen LogP) is 4.69. The minimum absolute atomic E-state index is 0.130. The number of hydrogen-bond acceptors (Lipinski definition) is 6. The summed E-state index contributed by atoms with van der Waals surface area (Å²) in [6, 6.07) is 5.78. The first-order chi connectivity index (χ1) is 17.4. The van der Waals surface area contributed by atoms with E-state index in [0.29, 0.717) is 24.5 Å². The van der Waals surface area contributed by atoms with E-state index in [1.54, 1.807) is 0 Å². The Balaban J connectivity index is 1.59. The first-order valence-electron chi connectivity index (χ1n) is 13.9. The number of carboxylic acids is 1. The number of carbonyl (C=O) groups excluding carboxylic acids is 1. The van der Waals surface area contributed by atoms with Crippen molar-refractivity contribution in [3.05, 3.63) is 29.3 Å². The third-order valence-electron chi connectivity index (χ3n) is 8.06. The van der Waals surface area contributed by atoms with Crippen LogP contribution in [-0.2, 0) is 27.2 Å². The lowest BCUT2D eigenvalue weighted by atomic mass is 9.73. The third-order valence-corrected chi connectivity index (χ3v) is 8.06. The number of fused-ring (bicyclic) bond motifs is 2. The fraction of sp³-hybridized carbons (Fsp3) is 0.724. The smallest absolute Gasteiger partial charge is 0.341 e. The summed E-state index contributed by atoms with van der Waals surface area (Å²) in [6.45, 7) is 1.21. The minimum atomic E-state index is -1.01. The SMILES string of the molecule is CCCCCCCCC[C@H](O)CC[C@@H]1[C@H]2Cc3cccc(OCC(=O)O)c3C[C@H]2C[C@H]1OC(=O)CO. The fourth-order valence-corrected chi connectivity index (χ4v) is 6.26. The fourth-order valence-electron chi connectivity index (χ4n) is 6.26. The molecular weight excluding hydrogens is 460 g/mol. The Bertz CT molecular complexity index is 839. The summed E-state index contributed by atoms with van der Waals surface area (Å²) >= 11 is 0. The van der Waals surface area contributed by atoms with Crippen LogP contribution in [0.5, 0.6) is 5.75 Å². The molecule has 0 bridgehead atoms. The Morgan fingerprint density at radius 3 is 2.53 bits per heavy atom. The van der Waals surface area contributed by atoms with Gasteiger partial charge in [-0.25, -0.2) is 9.59 Å². The Morgan fingerprint density at radius 1 is 1.06 bits per heavy atom. The molecule has 3 N–H and O–H groups in total. The molecule has 0 heterocycles. The van der Waals surface area contributed by atoms with Gasteiger partial charge in [0.15, 0.2) is 6.61 Å². The van der Waals surface area contributed by atoms with E-state index in [4.69, 9.17) is 14.6 Å². The van der Waals surface area contributed by atoms with Gasteiger partial charge in [-0.15, -0.1) is 0 Å². The van der Waals surface area contributed by atoms with Crippen molar-refractivity contribution in [2.24, 2.45) is 17.8 Å². The van der Waals surface area contributed by atoms with Crippen LogP contribution in [0.2, 0.25) is 0 Å². The molecular formula is C29H44O7. The van der Waals surface area contributed by atoms with Gasteiger partial charge in [-0.2, -0.15) is 0 Å². The molecule has 7 heteroatoms. The van der Waals surface area contributed by atoms with Gasteiger partial charge in [-0.3, -0.25) is 0 Å². The van der Waals surface area contributed by atoms with Crippen LogP contribution in [0.15, 0.2) is 18.2 Å². The van der Waals surface area contributed by atoms with Crippen molar-refractivity contribution in [1.29, 1.82) is 0 Å². The highest BCUT2D eigenvalue weighted by Crippen LogP contribution is 2.49. The molecule has 1 saturated carbocycles. The zero-order valence-corrected chi connectivity index (χ0v) is 21.7. The van der Waals surface area contributed by atoms with Gasteiger partial charge in [0, 0.05) is 0 Å². The van der Waals surface area contributed by atoms with E-state index in [-0.39, 0.29) is 30.7 Å². The Labute approximate surface area is 215 Å². The maximum atomic E-state index is 11.9. The van der Waals surface area contributed by atoms with Crippen LogP contribution in [0.1, 0.15) is 88.7 Å². The second-order valence-corrected chi connectivity index (χ2v) is 10.6. The van der Waals surface area contributed by atoms with Crippen LogP contribution in [-0.4, -0.2) is 52.7 Å². The number of aliphatic hydroxyl groups excluding tert-OH is 2. The lowest BCUT2D eigenvalue weighted by molar-refractivity contribution is -0.154. The zero-order valence-electron chi connectivity index (χ0n) is 21.7. The van der Waals surface area contributed by atoms with Crippen molar-refractivity contribution in [3.8, 4) is 5.75 Å². The molecule has 202 valence electrons. The highest BCUT2D eigenvalue weighted by atomic mass is 16.6. The molecule has 0 unspecified atom stereocenters. The van der Waals surface area contributed by atoms with Crippen LogP contribution in [0.25, 0.3) is 0 Å². The topological polar surface area (TPSA) is 113 Å².